The average molecular weight is 224 g/mol. The van der Waals surface area contributed by atoms with Crippen molar-refractivity contribution < 1.29 is 0 Å². The van der Waals surface area contributed by atoms with Crippen LogP contribution in [0, 0.1) is 5.92 Å². The molecule has 0 aromatic rings. The molecule has 1 aliphatic heterocycles. The van der Waals surface area contributed by atoms with Crippen LogP contribution in [0.5, 0.6) is 0 Å². The van der Waals surface area contributed by atoms with Crippen molar-refractivity contribution in [1.82, 2.24) is 10.2 Å². The second-order valence-corrected chi connectivity index (χ2v) is 5.89. The first-order valence-corrected chi connectivity index (χ1v) is 7.21. The summed E-state index contributed by atoms with van der Waals surface area (Å²) in [5.74, 6) is 0.912. The molecule has 94 valence electrons. The van der Waals surface area contributed by atoms with Gasteiger partial charge in [-0.15, -0.1) is 0 Å². The summed E-state index contributed by atoms with van der Waals surface area (Å²) in [6.45, 7) is 4.97. The van der Waals surface area contributed by atoms with E-state index in [1.807, 2.05) is 0 Å². The Kier molecular flexibility index (Phi) is 4.66. The fourth-order valence-corrected chi connectivity index (χ4v) is 3.48. The molecule has 0 aromatic heterocycles. The first-order chi connectivity index (χ1) is 7.77. The summed E-state index contributed by atoms with van der Waals surface area (Å²) in [6, 6.07) is 1.66. The quantitative estimate of drug-likeness (QED) is 0.790. The van der Waals surface area contributed by atoms with Gasteiger partial charge >= 0.3 is 0 Å². The maximum Gasteiger partial charge on any atom is 0.0118 e. The van der Waals surface area contributed by atoms with E-state index in [0.717, 1.165) is 18.0 Å². The molecule has 2 fully saturated rings. The monoisotopic (exact) mass is 224 g/mol. The van der Waals surface area contributed by atoms with Crippen LogP contribution in [0.3, 0.4) is 0 Å². The van der Waals surface area contributed by atoms with E-state index in [4.69, 9.17) is 0 Å². The van der Waals surface area contributed by atoms with Crippen molar-refractivity contribution in [1.29, 1.82) is 0 Å². The molecule has 0 radical (unpaired) electrons. The molecule has 1 saturated carbocycles. The second-order valence-electron chi connectivity index (χ2n) is 5.89. The SMILES string of the molecule is CC1CCCCC1N(C)CCC1CCCN1. The molecule has 2 rings (SSSR count). The van der Waals surface area contributed by atoms with E-state index in [0.29, 0.717) is 0 Å². The molecule has 16 heavy (non-hydrogen) atoms. The molecule has 0 amide bonds. The van der Waals surface area contributed by atoms with Crippen molar-refractivity contribution >= 4 is 0 Å². The standard InChI is InChI=1S/C14H28N2/c1-12-6-3-4-8-14(12)16(2)11-9-13-7-5-10-15-13/h12-15H,3-11H2,1-2H3. The third-order valence-corrected chi connectivity index (χ3v) is 4.63. The Hall–Kier alpha value is -0.0800. The van der Waals surface area contributed by atoms with E-state index in [-0.39, 0.29) is 0 Å². The lowest BCUT2D eigenvalue weighted by atomic mass is 9.85. The second kappa shape index (κ2) is 6.02. The van der Waals surface area contributed by atoms with E-state index in [1.54, 1.807) is 0 Å². The minimum atomic E-state index is 0.807. The first kappa shape index (κ1) is 12.4. The van der Waals surface area contributed by atoms with Crippen LogP contribution in [0.1, 0.15) is 51.9 Å². The largest absolute Gasteiger partial charge is 0.314 e. The van der Waals surface area contributed by atoms with Crippen LogP contribution >= 0.6 is 0 Å². The fourth-order valence-electron chi connectivity index (χ4n) is 3.48. The van der Waals surface area contributed by atoms with Gasteiger partial charge < -0.3 is 10.2 Å². The lowest BCUT2D eigenvalue weighted by Gasteiger charge is -2.36. The molecule has 0 bridgehead atoms. The Morgan fingerprint density at radius 3 is 2.62 bits per heavy atom. The summed E-state index contributed by atoms with van der Waals surface area (Å²) in [5, 5.41) is 3.60. The van der Waals surface area contributed by atoms with Crippen LogP contribution in [0.25, 0.3) is 0 Å². The maximum absolute atomic E-state index is 3.60. The van der Waals surface area contributed by atoms with Crippen LogP contribution in [0.4, 0.5) is 0 Å². The van der Waals surface area contributed by atoms with Crippen molar-refractivity contribution in [2.75, 3.05) is 20.1 Å². The van der Waals surface area contributed by atoms with Gasteiger partial charge in [0.1, 0.15) is 0 Å². The van der Waals surface area contributed by atoms with E-state index >= 15 is 0 Å². The van der Waals surface area contributed by atoms with Crippen molar-refractivity contribution in [2.24, 2.45) is 5.92 Å². The van der Waals surface area contributed by atoms with Gasteiger partial charge in [0, 0.05) is 12.1 Å². The lowest BCUT2D eigenvalue weighted by molar-refractivity contribution is 0.135. The highest BCUT2D eigenvalue weighted by Gasteiger charge is 2.25. The molecule has 3 unspecified atom stereocenters. The van der Waals surface area contributed by atoms with Crippen LogP contribution in [0.2, 0.25) is 0 Å². The number of hydrogen-bond donors (Lipinski definition) is 1. The molecule has 2 heteroatoms. The molecule has 1 aliphatic carbocycles. The minimum absolute atomic E-state index is 0.807. The fraction of sp³-hybridized carbons (Fsp3) is 1.00. The Bertz CT molecular complexity index is 199. The Labute approximate surface area is 101 Å². The van der Waals surface area contributed by atoms with Crippen molar-refractivity contribution in [2.45, 2.75) is 64.0 Å². The molecule has 2 aliphatic rings. The smallest absolute Gasteiger partial charge is 0.0118 e. The highest BCUT2D eigenvalue weighted by molar-refractivity contribution is 4.81. The van der Waals surface area contributed by atoms with Gasteiger partial charge in [0.25, 0.3) is 0 Å². The number of nitrogens with zero attached hydrogens (tertiary/aromatic N) is 1. The minimum Gasteiger partial charge on any atom is -0.314 e. The zero-order valence-electron chi connectivity index (χ0n) is 11.0. The summed E-state index contributed by atoms with van der Waals surface area (Å²) in [6.07, 6.45) is 9.89. The van der Waals surface area contributed by atoms with Crippen LogP contribution in [-0.4, -0.2) is 37.1 Å². The highest BCUT2D eigenvalue weighted by atomic mass is 15.1. The van der Waals surface area contributed by atoms with Gasteiger partial charge in [0.15, 0.2) is 0 Å². The van der Waals surface area contributed by atoms with Crippen molar-refractivity contribution in [3.05, 3.63) is 0 Å². The van der Waals surface area contributed by atoms with Crippen molar-refractivity contribution in [3.63, 3.8) is 0 Å². The Morgan fingerprint density at radius 1 is 1.12 bits per heavy atom. The molecular formula is C14H28N2. The average Bonchev–Trinajstić information content (AvgIpc) is 2.79. The van der Waals surface area contributed by atoms with Gasteiger partial charge in [-0.2, -0.15) is 0 Å². The Morgan fingerprint density at radius 2 is 1.94 bits per heavy atom. The number of nitrogens with one attached hydrogen (secondary N) is 1. The van der Waals surface area contributed by atoms with Gasteiger partial charge in [0.2, 0.25) is 0 Å². The van der Waals surface area contributed by atoms with Crippen LogP contribution in [0.15, 0.2) is 0 Å². The molecular weight excluding hydrogens is 196 g/mol. The summed E-state index contributed by atoms with van der Waals surface area (Å²) in [4.78, 5) is 2.63. The number of hydrogen-bond acceptors (Lipinski definition) is 2. The van der Waals surface area contributed by atoms with E-state index < -0.39 is 0 Å². The van der Waals surface area contributed by atoms with E-state index in [9.17, 15) is 0 Å². The van der Waals surface area contributed by atoms with Gasteiger partial charge in [-0.25, -0.2) is 0 Å². The Balaban J connectivity index is 1.71. The predicted molar refractivity (Wildman–Crippen MR) is 69.7 cm³/mol. The molecule has 0 aromatic carbocycles. The van der Waals surface area contributed by atoms with Crippen LogP contribution in [-0.2, 0) is 0 Å². The number of rotatable bonds is 4. The topological polar surface area (TPSA) is 15.3 Å². The van der Waals surface area contributed by atoms with Gasteiger partial charge in [-0.1, -0.05) is 19.8 Å². The lowest BCUT2D eigenvalue weighted by Crippen LogP contribution is -2.40. The summed E-state index contributed by atoms with van der Waals surface area (Å²) < 4.78 is 0. The third kappa shape index (κ3) is 3.21. The van der Waals surface area contributed by atoms with E-state index in [1.165, 1.54) is 58.0 Å². The first-order valence-electron chi connectivity index (χ1n) is 7.21. The maximum atomic E-state index is 3.60. The third-order valence-electron chi connectivity index (χ3n) is 4.63. The zero-order chi connectivity index (χ0) is 11.4. The van der Waals surface area contributed by atoms with Gasteiger partial charge in [0.05, 0.1) is 0 Å². The molecule has 1 saturated heterocycles. The summed E-state index contributed by atoms with van der Waals surface area (Å²) >= 11 is 0. The molecule has 3 atom stereocenters. The predicted octanol–water partition coefficient (Wildman–Crippen LogP) is 2.64. The molecule has 2 nitrogen and oxygen atoms in total. The van der Waals surface area contributed by atoms with Crippen molar-refractivity contribution in [3.8, 4) is 0 Å². The molecule has 1 N–H and O–H groups in total. The van der Waals surface area contributed by atoms with Gasteiger partial charge in [-0.3, -0.25) is 0 Å². The zero-order valence-corrected chi connectivity index (χ0v) is 11.0. The van der Waals surface area contributed by atoms with E-state index in [2.05, 4.69) is 24.2 Å². The molecule has 0 spiro atoms. The summed E-state index contributed by atoms with van der Waals surface area (Å²) in [7, 11) is 2.33. The highest BCUT2D eigenvalue weighted by Crippen LogP contribution is 2.27. The summed E-state index contributed by atoms with van der Waals surface area (Å²) in [5.41, 5.74) is 0. The molecule has 1 heterocycles. The van der Waals surface area contributed by atoms with Crippen LogP contribution < -0.4 is 5.32 Å². The van der Waals surface area contributed by atoms with Gasteiger partial charge in [-0.05, 0) is 58.2 Å². The normalized spacial score (nSPS) is 35.8.